The topological polar surface area (TPSA) is 31.6 Å². The summed E-state index contributed by atoms with van der Waals surface area (Å²) in [6.07, 6.45) is 0. The van der Waals surface area contributed by atoms with Crippen LogP contribution in [0.4, 0.5) is 0 Å². The van der Waals surface area contributed by atoms with Crippen molar-refractivity contribution in [3.8, 4) is 11.5 Å². The Hall–Kier alpha value is -2.07. The van der Waals surface area contributed by atoms with Gasteiger partial charge in [0.2, 0.25) is 0 Å². The van der Waals surface area contributed by atoms with Gasteiger partial charge in [0.05, 0.1) is 18.7 Å². The molecule has 2 aromatic carbocycles. The molecular formula is C15H12O3S. The van der Waals surface area contributed by atoms with Crippen molar-refractivity contribution in [3.63, 3.8) is 0 Å². The van der Waals surface area contributed by atoms with Crippen LogP contribution in [0, 0.1) is 4.51 Å². The van der Waals surface area contributed by atoms with Crippen LogP contribution in [0.3, 0.4) is 0 Å². The minimum Gasteiger partial charge on any atom is -0.497 e. The van der Waals surface area contributed by atoms with Gasteiger partial charge in [-0.3, -0.25) is 0 Å². The van der Waals surface area contributed by atoms with Gasteiger partial charge < -0.3 is 13.9 Å². The molecule has 0 saturated heterocycles. The Morgan fingerprint density at radius 3 is 1.74 bits per heavy atom. The molecule has 3 nitrogen and oxygen atoms in total. The maximum absolute atomic E-state index is 5.85. The van der Waals surface area contributed by atoms with Crippen LogP contribution in [0.25, 0.3) is 21.9 Å². The van der Waals surface area contributed by atoms with Crippen molar-refractivity contribution in [1.29, 1.82) is 0 Å². The van der Waals surface area contributed by atoms with E-state index in [4.69, 9.17) is 26.1 Å². The zero-order chi connectivity index (χ0) is 13.4. The molecule has 0 aliphatic rings. The van der Waals surface area contributed by atoms with Crippen LogP contribution < -0.4 is 9.47 Å². The number of ether oxygens (including phenoxy) is 2. The fourth-order valence-corrected chi connectivity index (χ4v) is 2.39. The van der Waals surface area contributed by atoms with E-state index in [9.17, 15) is 0 Å². The average molecular weight is 272 g/mol. The van der Waals surface area contributed by atoms with Gasteiger partial charge in [-0.25, -0.2) is 0 Å². The lowest BCUT2D eigenvalue weighted by Gasteiger charge is -2.06. The molecule has 0 amide bonds. The van der Waals surface area contributed by atoms with E-state index in [1.807, 2.05) is 36.4 Å². The predicted octanol–water partition coefficient (Wildman–Crippen LogP) is 4.33. The molecule has 96 valence electrons. The molecule has 0 bridgehead atoms. The molecular weight excluding hydrogens is 260 g/mol. The first-order valence-corrected chi connectivity index (χ1v) is 6.22. The van der Waals surface area contributed by atoms with Crippen LogP contribution >= 0.6 is 12.2 Å². The lowest BCUT2D eigenvalue weighted by molar-refractivity contribution is 0.415. The van der Waals surface area contributed by atoms with Gasteiger partial charge in [0.15, 0.2) is 0 Å². The summed E-state index contributed by atoms with van der Waals surface area (Å²) in [7, 11) is 3.26. The van der Waals surface area contributed by atoms with E-state index in [2.05, 4.69) is 0 Å². The molecule has 0 saturated carbocycles. The van der Waals surface area contributed by atoms with Crippen LogP contribution in [0.1, 0.15) is 0 Å². The fourth-order valence-electron chi connectivity index (χ4n) is 2.07. The van der Waals surface area contributed by atoms with E-state index in [0.717, 1.165) is 37.9 Å². The van der Waals surface area contributed by atoms with E-state index in [1.165, 1.54) is 0 Å². The van der Waals surface area contributed by atoms with Crippen LogP contribution in [0.15, 0.2) is 40.8 Å². The third-order valence-electron chi connectivity index (χ3n) is 3.08. The highest BCUT2D eigenvalue weighted by atomic mass is 32.1. The zero-order valence-electron chi connectivity index (χ0n) is 10.6. The van der Waals surface area contributed by atoms with Crippen molar-refractivity contribution in [2.24, 2.45) is 0 Å². The minimum atomic E-state index is 0.744. The van der Waals surface area contributed by atoms with Gasteiger partial charge >= 0.3 is 0 Å². The summed E-state index contributed by atoms with van der Waals surface area (Å²) in [6.45, 7) is 0. The normalized spacial score (nSPS) is 10.8. The molecule has 0 aliphatic carbocycles. The number of rotatable bonds is 2. The van der Waals surface area contributed by atoms with E-state index in [0.29, 0.717) is 0 Å². The monoisotopic (exact) mass is 272 g/mol. The van der Waals surface area contributed by atoms with Gasteiger partial charge in [0, 0.05) is 10.8 Å². The number of hydrogen-bond donors (Lipinski definition) is 0. The minimum absolute atomic E-state index is 0.744. The largest absolute Gasteiger partial charge is 0.497 e. The molecule has 4 heteroatoms. The number of methoxy groups -OCH3 is 2. The van der Waals surface area contributed by atoms with Crippen LogP contribution in [-0.4, -0.2) is 14.2 Å². The molecule has 19 heavy (non-hydrogen) atoms. The Morgan fingerprint density at radius 2 is 1.32 bits per heavy atom. The van der Waals surface area contributed by atoms with Crippen molar-refractivity contribution < 1.29 is 13.9 Å². The van der Waals surface area contributed by atoms with Crippen molar-refractivity contribution in [1.82, 2.24) is 0 Å². The Morgan fingerprint density at radius 1 is 0.842 bits per heavy atom. The number of fused-ring (bicyclic) bond motifs is 2. The van der Waals surface area contributed by atoms with Gasteiger partial charge in [-0.2, -0.15) is 0 Å². The summed E-state index contributed by atoms with van der Waals surface area (Å²) in [6, 6.07) is 11.2. The highest BCUT2D eigenvalue weighted by Gasteiger charge is 2.07. The summed E-state index contributed by atoms with van der Waals surface area (Å²) in [5.41, 5.74) is 1.51. The third-order valence-corrected chi connectivity index (χ3v) is 3.52. The van der Waals surface area contributed by atoms with Crippen molar-refractivity contribution in [3.05, 3.63) is 40.9 Å². The molecule has 3 aromatic rings. The Balaban J connectivity index is 2.43. The van der Waals surface area contributed by atoms with Gasteiger partial charge in [-0.15, -0.1) is 0 Å². The molecule has 3 rings (SSSR count). The highest BCUT2D eigenvalue weighted by Crippen LogP contribution is 2.30. The highest BCUT2D eigenvalue weighted by molar-refractivity contribution is 7.72. The Bertz CT molecular complexity index is 756. The van der Waals surface area contributed by atoms with E-state index in [-0.39, 0.29) is 0 Å². The number of hydrogen-bond acceptors (Lipinski definition) is 4. The standard InChI is InChI=1S/C15H12O3S/c1-16-9-3-5-13-11(7-9)15(19)12-8-10(17-2)4-6-14(12)18-13/h3-8H,1-2H3. The molecule has 1 heterocycles. The van der Waals surface area contributed by atoms with E-state index >= 15 is 0 Å². The molecule has 0 unspecified atom stereocenters. The lowest BCUT2D eigenvalue weighted by Crippen LogP contribution is -1.86. The molecule has 0 atom stereocenters. The first-order chi connectivity index (χ1) is 9.22. The smallest absolute Gasteiger partial charge is 0.136 e. The van der Waals surface area contributed by atoms with E-state index < -0.39 is 0 Å². The van der Waals surface area contributed by atoms with Crippen molar-refractivity contribution in [2.45, 2.75) is 0 Å². The Kier molecular flexibility index (Phi) is 2.87. The van der Waals surface area contributed by atoms with Crippen LogP contribution in [-0.2, 0) is 0 Å². The quantitative estimate of drug-likeness (QED) is 0.513. The Labute approximate surface area is 115 Å². The van der Waals surface area contributed by atoms with Gasteiger partial charge in [-0.05, 0) is 36.4 Å². The molecule has 1 aromatic heterocycles. The summed E-state index contributed by atoms with van der Waals surface area (Å²) >= 11 is 5.54. The average Bonchev–Trinajstić information content (AvgIpc) is 2.47. The number of benzene rings is 2. The van der Waals surface area contributed by atoms with Crippen LogP contribution in [0.2, 0.25) is 0 Å². The first kappa shape index (κ1) is 12.0. The van der Waals surface area contributed by atoms with Gasteiger partial charge in [0.1, 0.15) is 22.7 Å². The summed E-state index contributed by atoms with van der Waals surface area (Å²) < 4.78 is 17.0. The molecule has 0 radical (unpaired) electrons. The lowest BCUT2D eigenvalue weighted by atomic mass is 10.1. The van der Waals surface area contributed by atoms with Crippen LogP contribution in [0.5, 0.6) is 11.5 Å². The SMILES string of the molecule is COc1ccc2oc3ccc(OC)cc3c(=S)c2c1. The predicted molar refractivity (Wildman–Crippen MR) is 77.7 cm³/mol. The van der Waals surface area contributed by atoms with E-state index in [1.54, 1.807) is 14.2 Å². The second-order valence-electron chi connectivity index (χ2n) is 4.16. The van der Waals surface area contributed by atoms with Crippen molar-refractivity contribution >= 4 is 34.2 Å². The zero-order valence-corrected chi connectivity index (χ0v) is 11.4. The molecule has 0 spiro atoms. The second kappa shape index (κ2) is 4.55. The molecule has 0 fully saturated rings. The fraction of sp³-hybridized carbons (Fsp3) is 0.133. The third kappa shape index (κ3) is 1.94. The molecule has 0 aliphatic heterocycles. The first-order valence-electron chi connectivity index (χ1n) is 5.81. The summed E-state index contributed by atoms with van der Waals surface area (Å²) in [4.78, 5) is 0. The second-order valence-corrected chi connectivity index (χ2v) is 4.56. The summed E-state index contributed by atoms with van der Waals surface area (Å²) in [5, 5.41) is 1.74. The maximum atomic E-state index is 5.85. The maximum Gasteiger partial charge on any atom is 0.136 e. The van der Waals surface area contributed by atoms with Crippen molar-refractivity contribution in [2.75, 3.05) is 14.2 Å². The molecule has 0 N–H and O–H groups in total. The van der Waals surface area contributed by atoms with Gasteiger partial charge in [-0.1, -0.05) is 12.2 Å². The van der Waals surface area contributed by atoms with Gasteiger partial charge in [0.25, 0.3) is 0 Å². The summed E-state index contributed by atoms with van der Waals surface area (Å²) in [5.74, 6) is 1.52.